The third-order valence-corrected chi connectivity index (χ3v) is 3.80. The van der Waals surface area contributed by atoms with Crippen LogP contribution in [0.5, 0.6) is 5.88 Å². The van der Waals surface area contributed by atoms with Crippen LogP contribution in [0.3, 0.4) is 0 Å². The molecule has 1 atom stereocenters. The lowest BCUT2D eigenvalue weighted by Gasteiger charge is -2.34. The van der Waals surface area contributed by atoms with Crippen LogP contribution in [0.15, 0.2) is 18.3 Å². The minimum atomic E-state index is -4.62. The number of likely N-dealkylation sites (tertiary alicyclic amines) is 1. The van der Waals surface area contributed by atoms with Crippen molar-refractivity contribution >= 4 is 5.91 Å². The number of carbonyl (C=O) groups excluding carboxylic acids is 1. The van der Waals surface area contributed by atoms with Gasteiger partial charge in [0.2, 0.25) is 5.88 Å². The van der Waals surface area contributed by atoms with Gasteiger partial charge in [-0.15, -0.1) is 0 Å². The van der Waals surface area contributed by atoms with E-state index in [-0.39, 0.29) is 43.3 Å². The molecule has 1 amide bonds. The van der Waals surface area contributed by atoms with E-state index in [0.717, 1.165) is 0 Å². The second-order valence-electron chi connectivity index (χ2n) is 5.18. The van der Waals surface area contributed by atoms with Gasteiger partial charge in [-0.05, 0) is 30.9 Å². The molecule has 0 saturated carbocycles. The van der Waals surface area contributed by atoms with Crippen molar-refractivity contribution in [3.63, 3.8) is 0 Å². The second-order valence-corrected chi connectivity index (χ2v) is 5.18. The van der Waals surface area contributed by atoms with Gasteiger partial charge in [0.25, 0.3) is 5.91 Å². The quantitative estimate of drug-likeness (QED) is 0.924. The van der Waals surface area contributed by atoms with E-state index in [1.807, 2.05) is 0 Å². The number of carbonyl (C=O) groups is 1. The number of rotatable bonds is 3. The summed E-state index contributed by atoms with van der Waals surface area (Å²) in [6, 6.07) is 3.15. The van der Waals surface area contributed by atoms with Gasteiger partial charge in [0.05, 0.1) is 7.11 Å². The fraction of sp³-hybridized carbons (Fsp3) is 0.571. The summed E-state index contributed by atoms with van der Waals surface area (Å²) in [5, 5.41) is 9.28. The molecule has 1 aromatic heterocycles. The molecular formula is C14H17F3N2O3. The van der Waals surface area contributed by atoms with Crippen LogP contribution in [0, 0.1) is 5.92 Å². The van der Waals surface area contributed by atoms with Crippen LogP contribution in [0.1, 0.15) is 23.2 Å². The third kappa shape index (κ3) is 3.49. The molecule has 1 N–H and O–H groups in total. The van der Waals surface area contributed by atoms with Crippen molar-refractivity contribution in [1.29, 1.82) is 0 Å². The summed E-state index contributed by atoms with van der Waals surface area (Å²) in [5.74, 6) is -1.02. The van der Waals surface area contributed by atoms with Crippen LogP contribution >= 0.6 is 0 Å². The molecule has 0 radical (unpaired) electrons. The van der Waals surface area contributed by atoms with E-state index < -0.39 is 18.2 Å². The average molecular weight is 318 g/mol. The van der Waals surface area contributed by atoms with Crippen molar-refractivity contribution in [2.45, 2.75) is 25.1 Å². The second kappa shape index (κ2) is 6.51. The monoisotopic (exact) mass is 318 g/mol. The van der Waals surface area contributed by atoms with E-state index in [0.29, 0.717) is 0 Å². The first-order chi connectivity index (χ1) is 10.3. The first kappa shape index (κ1) is 16.5. The highest BCUT2D eigenvalue weighted by Crippen LogP contribution is 2.32. The van der Waals surface area contributed by atoms with Gasteiger partial charge in [-0.3, -0.25) is 4.79 Å². The first-order valence-corrected chi connectivity index (χ1v) is 6.87. The molecule has 0 aromatic carbocycles. The zero-order valence-electron chi connectivity index (χ0n) is 12.0. The summed E-state index contributed by atoms with van der Waals surface area (Å²) >= 11 is 0. The molecule has 1 fully saturated rings. The number of hydrogen-bond acceptors (Lipinski definition) is 4. The van der Waals surface area contributed by atoms with Gasteiger partial charge >= 0.3 is 6.18 Å². The van der Waals surface area contributed by atoms with Crippen molar-refractivity contribution in [2.75, 3.05) is 20.2 Å². The minimum Gasteiger partial charge on any atom is -0.480 e. The number of amides is 1. The van der Waals surface area contributed by atoms with E-state index in [4.69, 9.17) is 4.74 Å². The molecule has 22 heavy (non-hydrogen) atoms. The highest BCUT2D eigenvalue weighted by Gasteiger charge is 2.44. The van der Waals surface area contributed by atoms with Crippen LogP contribution in [0.4, 0.5) is 13.2 Å². The molecule has 1 aromatic rings. The Kier molecular flexibility index (Phi) is 4.90. The summed E-state index contributed by atoms with van der Waals surface area (Å²) in [6.07, 6.45) is -5.26. The van der Waals surface area contributed by atoms with Gasteiger partial charge in [0.15, 0.2) is 6.10 Å². The van der Waals surface area contributed by atoms with Gasteiger partial charge in [-0.25, -0.2) is 4.98 Å². The molecule has 122 valence electrons. The molecule has 1 aliphatic rings. The lowest BCUT2D eigenvalue weighted by atomic mass is 9.90. The molecular weight excluding hydrogens is 301 g/mol. The van der Waals surface area contributed by atoms with E-state index in [9.17, 15) is 23.1 Å². The molecule has 5 nitrogen and oxygen atoms in total. The number of aliphatic hydroxyl groups excluding tert-OH is 1. The number of pyridine rings is 1. The summed E-state index contributed by atoms with van der Waals surface area (Å²) in [7, 11) is 1.39. The molecule has 1 saturated heterocycles. The Labute approximate surface area is 125 Å². The van der Waals surface area contributed by atoms with Crippen molar-refractivity contribution in [3.8, 4) is 5.88 Å². The van der Waals surface area contributed by atoms with Crippen LogP contribution in [-0.4, -0.2) is 53.4 Å². The number of halogens is 3. The topological polar surface area (TPSA) is 62.7 Å². The number of piperidine rings is 1. The first-order valence-electron chi connectivity index (χ1n) is 6.87. The van der Waals surface area contributed by atoms with Gasteiger partial charge in [-0.2, -0.15) is 13.2 Å². The molecule has 2 heterocycles. The third-order valence-electron chi connectivity index (χ3n) is 3.80. The largest absolute Gasteiger partial charge is 0.480 e. The van der Waals surface area contributed by atoms with Crippen LogP contribution in [0.2, 0.25) is 0 Å². The Bertz CT molecular complexity index is 528. The Hall–Kier alpha value is -1.83. The maximum atomic E-state index is 12.5. The van der Waals surface area contributed by atoms with Crippen molar-refractivity contribution in [2.24, 2.45) is 5.92 Å². The van der Waals surface area contributed by atoms with Crippen molar-refractivity contribution in [1.82, 2.24) is 9.88 Å². The number of aliphatic hydroxyl groups is 1. The summed E-state index contributed by atoms with van der Waals surface area (Å²) < 4.78 is 42.5. The molecule has 0 aliphatic carbocycles. The lowest BCUT2D eigenvalue weighted by molar-refractivity contribution is -0.222. The van der Waals surface area contributed by atoms with Crippen LogP contribution in [0.25, 0.3) is 0 Å². The summed E-state index contributed by atoms with van der Waals surface area (Å²) in [6.45, 7) is 0.323. The summed E-state index contributed by atoms with van der Waals surface area (Å²) in [5.41, 5.74) is 0.278. The fourth-order valence-electron chi connectivity index (χ4n) is 2.57. The Morgan fingerprint density at radius 3 is 2.64 bits per heavy atom. The lowest BCUT2D eigenvalue weighted by Crippen LogP contribution is -2.45. The Balaban J connectivity index is 2.01. The predicted octanol–water partition coefficient (Wildman–Crippen LogP) is 1.87. The van der Waals surface area contributed by atoms with Crippen LogP contribution < -0.4 is 4.74 Å². The van der Waals surface area contributed by atoms with Gasteiger partial charge < -0.3 is 14.7 Å². The zero-order valence-corrected chi connectivity index (χ0v) is 12.0. The zero-order chi connectivity index (χ0) is 16.3. The number of alkyl halides is 3. The average Bonchev–Trinajstić information content (AvgIpc) is 2.52. The maximum Gasteiger partial charge on any atom is 0.414 e. The molecule has 1 unspecified atom stereocenters. The minimum absolute atomic E-state index is 0.106. The van der Waals surface area contributed by atoms with E-state index in [2.05, 4.69) is 4.98 Å². The van der Waals surface area contributed by atoms with E-state index >= 15 is 0 Å². The molecule has 2 rings (SSSR count). The summed E-state index contributed by atoms with van der Waals surface area (Å²) in [4.78, 5) is 17.8. The number of nitrogens with zero attached hydrogens (tertiary/aromatic N) is 2. The number of methoxy groups -OCH3 is 1. The predicted molar refractivity (Wildman–Crippen MR) is 71.5 cm³/mol. The van der Waals surface area contributed by atoms with Gasteiger partial charge in [-0.1, -0.05) is 0 Å². The molecule has 0 bridgehead atoms. The van der Waals surface area contributed by atoms with Gasteiger partial charge in [0, 0.05) is 19.3 Å². The van der Waals surface area contributed by atoms with E-state index in [1.165, 1.54) is 18.2 Å². The molecule has 8 heteroatoms. The number of aromatic nitrogens is 1. The van der Waals surface area contributed by atoms with Crippen LogP contribution in [-0.2, 0) is 0 Å². The standard InChI is InChI=1S/C14H17F3N2O3/c1-22-12-10(3-2-6-18-12)13(21)19-7-4-9(5-8-19)11(20)14(15,16)17/h2-3,6,9,11,20H,4-5,7-8H2,1H3. The SMILES string of the molecule is COc1ncccc1C(=O)N1CCC(C(O)C(F)(F)F)CC1. The van der Waals surface area contributed by atoms with E-state index in [1.54, 1.807) is 12.1 Å². The number of ether oxygens (including phenoxy) is 1. The molecule has 0 spiro atoms. The van der Waals surface area contributed by atoms with Gasteiger partial charge in [0.1, 0.15) is 5.56 Å². The fourth-order valence-corrected chi connectivity index (χ4v) is 2.57. The highest BCUT2D eigenvalue weighted by molar-refractivity contribution is 5.96. The smallest absolute Gasteiger partial charge is 0.414 e. The molecule has 1 aliphatic heterocycles. The van der Waals surface area contributed by atoms with Crippen molar-refractivity contribution < 1.29 is 27.8 Å². The van der Waals surface area contributed by atoms with Crippen molar-refractivity contribution in [3.05, 3.63) is 23.9 Å². The number of hydrogen-bond donors (Lipinski definition) is 1. The normalized spacial score (nSPS) is 18.1. The Morgan fingerprint density at radius 2 is 2.09 bits per heavy atom. The Morgan fingerprint density at radius 1 is 1.45 bits per heavy atom. The highest BCUT2D eigenvalue weighted by atomic mass is 19.4. The maximum absolute atomic E-state index is 12.5.